The van der Waals surface area contributed by atoms with Gasteiger partial charge in [0.05, 0.1) is 23.9 Å². The van der Waals surface area contributed by atoms with E-state index in [1.165, 1.54) is 0 Å². The summed E-state index contributed by atoms with van der Waals surface area (Å²) in [6.07, 6.45) is 0.378. The number of carbonyl (C=O) groups is 2. The Morgan fingerprint density at radius 3 is 2.47 bits per heavy atom. The summed E-state index contributed by atoms with van der Waals surface area (Å²) in [5.41, 5.74) is 1.62. The number of benzene rings is 3. The van der Waals surface area contributed by atoms with Gasteiger partial charge in [-0.15, -0.1) is 0 Å². The number of fused-ring (bicyclic) bond motifs is 1. The number of hydrogen-bond acceptors (Lipinski definition) is 5. The quantitative estimate of drug-likeness (QED) is 0.396. The van der Waals surface area contributed by atoms with Crippen molar-refractivity contribution in [2.24, 2.45) is 0 Å². The molecule has 0 spiro atoms. The fourth-order valence-electron chi connectivity index (χ4n) is 3.32. The number of rotatable bonds is 8. The first-order chi connectivity index (χ1) is 14.5. The molecule has 0 aliphatic rings. The zero-order valence-electron chi connectivity index (χ0n) is 17.1. The van der Waals surface area contributed by atoms with Crippen molar-refractivity contribution in [3.05, 3.63) is 77.9 Å². The summed E-state index contributed by atoms with van der Waals surface area (Å²) in [5, 5.41) is 17.7. The van der Waals surface area contributed by atoms with E-state index in [0.717, 1.165) is 16.3 Å². The van der Waals surface area contributed by atoms with Crippen LogP contribution in [0.5, 0.6) is 0 Å². The van der Waals surface area contributed by atoms with Crippen LogP contribution in [0.25, 0.3) is 10.8 Å². The minimum absolute atomic E-state index is 0.245. The molecule has 0 aliphatic carbocycles. The molecule has 6 nitrogen and oxygen atoms in total. The molecule has 0 saturated heterocycles. The minimum atomic E-state index is -0.874. The van der Waals surface area contributed by atoms with Crippen LogP contribution in [0.15, 0.2) is 66.7 Å². The predicted molar refractivity (Wildman–Crippen MR) is 119 cm³/mol. The molecular weight excluding hydrogens is 379 g/mol. The summed E-state index contributed by atoms with van der Waals surface area (Å²) < 4.78 is 5.07. The molecule has 154 valence electrons. The molecule has 0 heterocycles. The monoisotopic (exact) mass is 404 g/mol. The molecule has 0 fully saturated rings. The second-order valence-electron chi connectivity index (χ2n) is 7.04. The Bertz CT molecular complexity index is 1040. The fourth-order valence-corrected chi connectivity index (χ4v) is 3.32. The van der Waals surface area contributed by atoms with Crippen LogP contribution in [0.4, 0.5) is 5.69 Å². The normalized spacial score (nSPS) is 11.7. The first kappa shape index (κ1) is 21.6. The highest BCUT2D eigenvalue weighted by Crippen LogP contribution is 2.19. The Labute approximate surface area is 176 Å². The Morgan fingerprint density at radius 2 is 1.73 bits per heavy atom. The van der Waals surface area contributed by atoms with Crippen LogP contribution in [-0.2, 0) is 16.0 Å². The van der Waals surface area contributed by atoms with Crippen LogP contribution in [0.3, 0.4) is 0 Å². The van der Waals surface area contributed by atoms with Crippen molar-refractivity contribution in [3.8, 4) is 0 Å². The minimum Gasteiger partial charge on any atom is -0.462 e. The summed E-state index contributed by atoms with van der Waals surface area (Å²) in [5.74, 6) is -0.844. The smallest absolute Gasteiger partial charge is 0.374 e. The van der Waals surface area contributed by atoms with E-state index in [9.17, 15) is 14.6 Å². The second kappa shape index (κ2) is 10.0. The van der Waals surface area contributed by atoms with E-state index in [-0.39, 0.29) is 18.1 Å². The zero-order valence-corrected chi connectivity index (χ0v) is 17.1. The largest absolute Gasteiger partial charge is 0.462 e. The first-order valence-corrected chi connectivity index (χ1v) is 9.96. The third-order valence-corrected chi connectivity index (χ3v) is 4.69. The van der Waals surface area contributed by atoms with Gasteiger partial charge in [0.1, 0.15) is 0 Å². The molecule has 3 rings (SSSR count). The second-order valence-corrected chi connectivity index (χ2v) is 7.04. The van der Waals surface area contributed by atoms with Crippen molar-refractivity contribution in [2.45, 2.75) is 26.2 Å². The highest BCUT2D eigenvalue weighted by Gasteiger charge is 2.23. The van der Waals surface area contributed by atoms with Gasteiger partial charge in [-0.1, -0.05) is 54.6 Å². The van der Waals surface area contributed by atoms with E-state index in [2.05, 4.69) is 10.5 Å². The predicted octanol–water partition coefficient (Wildman–Crippen LogP) is 3.27. The van der Waals surface area contributed by atoms with Crippen molar-refractivity contribution < 1.29 is 19.3 Å². The Hall–Kier alpha value is -3.16. The van der Waals surface area contributed by atoms with E-state index in [0.29, 0.717) is 12.1 Å². The number of nitrogens with one attached hydrogen (secondary N) is 2. The van der Waals surface area contributed by atoms with E-state index >= 15 is 0 Å². The number of hydrogen-bond donors (Lipinski definition) is 3. The van der Waals surface area contributed by atoms with Gasteiger partial charge in [0, 0.05) is 0 Å². The van der Waals surface area contributed by atoms with Crippen LogP contribution < -0.4 is 10.5 Å². The van der Waals surface area contributed by atoms with E-state index in [4.69, 9.17) is 4.74 Å². The van der Waals surface area contributed by atoms with Crippen LogP contribution in [0, 0.1) is 0 Å². The number of carbonyl (C=O) groups excluding carboxylic acids is 2. The summed E-state index contributed by atoms with van der Waals surface area (Å²) in [6.45, 7) is 3.54. The molecule has 0 radical (unpaired) electrons. The summed E-state index contributed by atoms with van der Waals surface area (Å²) in [6, 6.07) is 20.0. The molecule has 3 N–H and O–H groups in total. The van der Waals surface area contributed by atoms with Gasteiger partial charge in [-0.25, -0.2) is 4.79 Å². The lowest BCUT2D eigenvalue weighted by Crippen LogP contribution is -2.48. The number of esters is 1. The molecule has 1 atom stereocenters. The third-order valence-electron chi connectivity index (χ3n) is 4.69. The molecule has 3 aromatic carbocycles. The summed E-state index contributed by atoms with van der Waals surface area (Å²) in [4.78, 5) is 25.2. The van der Waals surface area contributed by atoms with Crippen LogP contribution in [-0.4, -0.2) is 36.6 Å². The van der Waals surface area contributed by atoms with Crippen molar-refractivity contribution >= 4 is 35.4 Å². The number of ether oxygens (including phenoxy) is 1. The van der Waals surface area contributed by atoms with Gasteiger partial charge in [0.2, 0.25) is 5.91 Å². The molecule has 1 amide bonds. The van der Waals surface area contributed by atoms with Crippen molar-refractivity contribution in [1.29, 1.82) is 0 Å². The van der Waals surface area contributed by atoms with E-state index in [1.807, 2.05) is 42.5 Å². The third kappa shape index (κ3) is 5.46. The Balaban J connectivity index is 1.81. The maximum Gasteiger partial charge on any atom is 0.374 e. The maximum absolute atomic E-state index is 13.0. The van der Waals surface area contributed by atoms with E-state index in [1.54, 1.807) is 38.0 Å². The van der Waals surface area contributed by atoms with Crippen molar-refractivity contribution in [2.75, 3.05) is 11.9 Å². The van der Waals surface area contributed by atoms with Gasteiger partial charge >= 0.3 is 13.0 Å². The molecule has 1 unspecified atom stereocenters. The van der Waals surface area contributed by atoms with Crippen LogP contribution in [0.1, 0.15) is 22.8 Å². The average Bonchev–Trinajstić information content (AvgIpc) is 2.73. The van der Waals surface area contributed by atoms with Gasteiger partial charge in [-0.2, -0.15) is 0 Å². The lowest BCUT2D eigenvalue weighted by molar-refractivity contribution is -0.117. The van der Waals surface area contributed by atoms with E-state index < -0.39 is 19.1 Å². The highest BCUT2D eigenvalue weighted by molar-refractivity contribution is 6.46. The lowest BCUT2D eigenvalue weighted by atomic mass is 9.85. The topological polar surface area (TPSA) is 87.7 Å². The average molecular weight is 404 g/mol. The fraction of sp³-hybridized carbons (Fsp3) is 0.217. The summed E-state index contributed by atoms with van der Waals surface area (Å²) in [7, 11) is -0.874. The zero-order chi connectivity index (χ0) is 21.5. The Kier molecular flexibility index (Phi) is 7.22. The van der Waals surface area contributed by atoms with Crippen molar-refractivity contribution in [1.82, 2.24) is 5.23 Å². The SMILES string of the molecule is CCOC(=O)c1ccccc1NC(=O)C(Cc1ccc2ccccc2c1)NB(C)O. The lowest BCUT2D eigenvalue weighted by Gasteiger charge is -2.20. The van der Waals surface area contributed by atoms with Gasteiger partial charge in [0.25, 0.3) is 0 Å². The Morgan fingerprint density at radius 1 is 1.03 bits per heavy atom. The molecule has 0 aliphatic heterocycles. The van der Waals surface area contributed by atoms with Crippen LogP contribution >= 0.6 is 0 Å². The van der Waals surface area contributed by atoms with Gasteiger partial charge in [-0.3, -0.25) is 4.79 Å². The maximum atomic E-state index is 13.0. The molecule has 0 saturated carbocycles. The van der Waals surface area contributed by atoms with Crippen molar-refractivity contribution in [3.63, 3.8) is 0 Å². The molecular formula is C23H25BN2O4. The van der Waals surface area contributed by atoms with Gasteiger partial charge in [0.15, 0.2) is 0 Å². The van der Waals surface area contributed by atoms with Gasteiger partial charge < -0.3 is 20.3 Å². The number of anilines is 1. The standard InChI is InChI=1S/C23H25BN2O4/c1-3-30-23(28)19-10-6-7-11-20(19)25-22(27)21(26-24(2)29)15-16-12-13-17-8-4-5-9-18(17)14-16/h4-14,21,26,29H,3,15H2,1-2H3,(H,25,27). The number of para-hydroxylation sites is 1. The van der Waals surface area contributed by atoms with Crippen LogP contribution in [0.2, 0.25) is 6.82 Å². The highest BCUT2D eigenvalue weighted by atomic mass is 16.5. The first-order valence-electron chi connectivity index (χ1n) is 9.96. The summed E-state index contributed by atoms with van der Waals surface area (Å²) >= 11 is 0. The molecule has 30 heavy (non-hydrogen) atoms. The molecule has 0 aromatic heterocycles. The van der Waals surface area contributed by atoms with Gasteiger partial charge in [-0.05, 0) is 48.6 Å². The molecule has 7 heteroatoms. The molecule has 0 bridgehead atoms. The molecule has 3 aromatic rings. The number of amides is 1.